The van der Waals surface area contributed by atoms with E-state index in [0.717, 1.165) is 12.8 Å². The average molecular weight is 420 g/mol. The molecule has 1 unspecified atom stereocenters. The number of fused-ring (bicyclic) bond motifs is 2. The third kappa shape index (κ3) is 3.58. The minimum atomic E-state index is -0.722. The van der Waals surface area contributed by atoms with Gasteiger partial charge in [0.2, 0.25) is 11.8 Å². The quantitative estimate of drug-likeness (QED) is 0.677. The molecule has 4 amide bonds. The highest BCUT2D eigenvalue weighted by molar-refractivity contribution is 6.06. The monoisotopic (exact) mass is 420 g/mol. The second-order valence-electron chi connectivity index (χ2n) is 7.75. The van der Waals surface area contributed by atoms with E-state index in [0.29, 0.717) is 28.3 Å². The summed E-state index contributed by atoms with van der Waals surface area (Å²) in [6, 6.07) is 11.3. The van der Waals surface area contributed by atoms with Gasteiger partial charge in [-0.1, -0.05) is 18.2 Å². The molecule has 1 saturated carbocycles. The Morgan fingerprint density at radius 3 is 2.74 bits per heavy atom. The molecule has 2 aliphatic heterocycles. The third-order valence-electron chi connectivity index (χ3n) is 5.51. The normalized spacial score (nSPS) is 19.1. The first-order valence-electron chi connectivity index (χ1n) is 10.1. The molecule has 1 fully saturated rings. The molecule has 3 aliphatic rings. The van der Waals surface area contributed by atoms with E-state index in [4.69, 9.17) is 4.74 Å². The minimum absolute atomic E-state index is 0.0462. The van der Waals surface area contributed by atoms with Crippen LogP contribution in [-0.2, 0) is 14.4 Å². The van der Waals surface area contributed by atoms with Crippen molar-refractivity contribution in [1.29, 1.82) is 0 Å². The fourth-order valence-corrected chi connectivity index (χ4v) is 3.96. The van der Waals surface area contributed by atoms with E-state index in [9.17, 15) is 19.2 Å². The van der Waals surface area contributed by atoms with Crippen molar-refractivity contribution in [3.05, 3.63) is 53.6 Å². The van der Waals surface area contributed by atoms with Crippen LogP contribution in [0.25, 0.3) is 0 Å². The van der Waals surface area contributed by atoms with Gasteiger partial charge in [0.15, 0.2) is 6.61 Å². The summed E-state index contributed by atoms with van der Waals surface area (Å²) < 4.78 is 5.29. The summed E-state index contributed by atoms with van der Waals surface area (Å²) >= 11 is 0. The minimum Gasteiger partial charge on any atom is -0.482 e. The van der Waals surface area contributed by atoms with Crippen LogP contribution in [0.2, 0.25) is 0 Å². The molecule has 0 spiro atoms. The zero-order valence-corrected chi connectivity index (χ0v) is 16.5. The van der Waals surface area contributed by atoms with Crippen LogP contribution < -0.4 is 20.7 Å². The SMILES string of the molecule is O=C(CNC(=O)C1c2ccccc2C(=O)N1C1CC1)Nc1ccc2c(c1)NC(=O)CO2. The number of amides is 4. The number of carbonyl (C=O) groups is 4. The number of carbonyl (C=O) groups excluding carboxylic acids is 4. The molecule has 2 aromatic carbocycles. The van der Waals surface area contributed by atoms with Crippen LogP contribution in [0.3, 0.4) is 0 Å². The molecule has 1 aliphatic carbocycles. The summed E-state index contributed by atoms with van der Waals surface area (Å²) in [5.74, 6) is -0.690. The summed E-state index contributed by atoms with van der Waals surface area (Å²) in [6.45, 7) is -0.292. The fraction of sp³-hybridized carbons (Fsp3) is 0.273. The van der Waals surface area contributed by atoms with Crippen LogP contribution in [0.15, 0.2) is 42.5 Å². The van der Waals surface area contributed by atoms with Gasteiger partial charge in [-0.05, 0) is 42.7 Å². The molecular weight excluding hydrogens is 400 g/mol. The van der Waals surface area contributed by atoms with Gasteiger partial charge in [-0.25, -0.2) is 0 Å². The highest BCUT2D eigenvalue weighted by atomic mass is 16.5. The zero-order chi connectivity index (χ0) is 21.5. The lowest BCUT2D eigenvalue weighted by atomic mass is 10.0. The highest BCUT2D eigenvalue weighted by Crippen LogP contribution is 2.41. The highest BCUT2D eigenvalue weighted by Gasteiger charge is 2.47. The first-order valence-corrected chi connectivity index (χ1v) is 10.1. The molecule has 9 heteroatoms. The van der Waals surface area contributed by atoms with Gasteiger partial charge in [0.1, 0.15) is 11.8 Å². The lowest BCUT2D eigenvalue weighted by molar-refractivity contribution is -0.127. The van der Waals surface area contributed by atoms with Crippen LogP contribution in [0.1, 0.15) is 34.8 Å². The molecule has 0 aromatic heterocycles. The van der Waals surface area contributed by atoms with Gasteiger partial charge in [-0.15, -0.1) is 0 Å². The van der Waals surface area contributed by atoms with Gasteiger partial charge in [0.25, 0.3) is 11.8 Å². The standard InChI is InChI=1S/C22H20N4O5/c27-18(24-12-5-8-17-16(9-12)25-19(28)11-31-17)10-23-21(29)20-14-3-1-2-4-15(14)22(30)26(20)13-6-7-13/h1-5,8-9,13,20H,6-7,10-11H2,(H,23,29)(H,24,27)(H,25,28). The lowest BCUT2D eigenvalue weighted by Crippen LogP contribution is -2.42. The number of nitrogens with zero attached hydrogens (tertiary/aromatic N) is 1. The largest absolute Gasteiger partial charge is 0.482 e. The Balaban J connectivity index is 1.24. The second kappa shape index (κ2) is 7.42. The van der Waals surface area contributed by atoms with Crippen LogP contribution in [0, 0.1) is 0 Å². The van der Waals surface area contributed by atoms with E-state index in [-0.39, 0.29) is 36.9 Å². The Hall–Kier alpha value is -3.88. The number of hydrogen-bond donors (Lipinski definition) is 3. The molecule has 0 bridgehead atoms. The molecular formula is C22H20N4O5. The molecule has 1 atom stereocenters. The van der Waals surface area contributed by atoms with Crippen molar-refractivity contribution in [3.8, 4) is 5.75 Å². The van der Waals surface area contributed by atoms with Crippen molar-refractivity contribution in [2.75, 3.05) is 23.8 Å². The molecule has 5 rings (SSSR count). The van der Waals surface area contributed by atoms with Crippen LogP contribution >= 0.6 is 0 Å². The van der Waals surface area contributed by atoms with Crippen molar-refractivity contribution in [2.45, 2.75) is 24.9 Å². The maximum atomic E-state index is 12.9. The molecule has 31 heavy (non-hydrogen) atoms. The van der Waals surface area contributed by atoms with Crippen LogP contribution in [0.4, 0.5) is 11.4 Å². The van der Waals surface area contributed by atoms with Crippen LogP contribution in [-0.4, -0.2) is 47.7 Å². The van der Waals surface area contributed by atoms with E-state index in [1.165, 1.54) is 0 Å². The molecule has 2 heterocycles. The van der Waals surface area contributed by atoms with Gasteiger partial charge in [0.05, 0.1) is 12.2 Å². The van der Waals surface area contributed by atoms with E-state index in [1.807, 2.05) is 0 Å². The maximum absolute atomic E-state index is 12.9. The summed E-state index contributed by atoms with van der Waals surface area (Å²) in [7, 11) is 0. The Morgan fingerprint density at radius 2 is 1.94 bits per heavy atom. The first kappa shape index (κ1) is 19.1. The first-order chi connectivity index (χ1) is 15.0. The second-order valence-corrected chi connectivity index (χ2v) is 7.75. The molecule has 0 saturated heterocycles. The molecule has 0 radical (unpaired) electrons. The average Bonchev–Trinajstić information content (AvgIpc) is 3.56. The van der Waals surface area contributed by atoms with Gasteiger partial charge in [-0.3, -0.25) is 19.2 Å². The summed E-state index contributed by atoms with van der Waals surface area (Å²) in [5, 5.41) is 8.01. The van der Waals surface area contributed by atoms with Gasteiger partial charge in [-0.2, -0.15) is 0 Å². The van der Waals surface area contributed by atoms with Crippen molar-refractivity contribution in [3.63, 3.8) is 0 Å². The van der Waals surface area contributed by atoms with E-state index in [1.54, 1.807) is 47.4 Å². The third-order valence-corrected chi connectivity index (χ3v) is 5.51. The molecule has 9 nitrogen and oxygen atoms in total. The summed E-state index contributed by atoms with van der Waals surface area (Å²) in [4.78, 5) is 51.1. The number of hydrogen-bond acceptors (Lipinski definition) is 5. The van der Waals surface area contributed by atoms with E-state index >= 15 is 0 Å². The number of ether oxygens (including phenoxy) is 1. The van der Waals surface area contributed by atoms with E-state index < -0.39 is 11.9 Å². The van der Waals surface area contributed by atoms with Gasteiger partial charge < -0.3 is 25.6 Å². The zero-order valence-electron chi connectivity index (χ0n) is 16.5. The Labute approximate surface area is 177 Å². The van der Waals surface area contributed by atoms with Gasteiger partial charge >= 0.3 is 0 Å². The van der Waals surface area contributed by atoms with Crippen LogP contribution in [0.5, 0.6) is 5.75 Å². The Kier molecular flexibility index (Phi) is 4.58. The van der Waals surface area contributed by atoms with Crippen molar-refractivity contribution in [1.82, 2.24) is 10.2 Å². The summed E-state index contributed by atoms with van der Waals surface area (Å²) in [6.07, 6.45) is 1.76. The predicted octanol–water partition coefficient (Wildman–Crippen LogP) is 1.43. The topological polar surface area (TPSA) is 117 Å². The smallest absolute Gasteiger partial charge is 0.262 e. The predicted molar refractivity (Wildman–Crippen MR) is 111 cm³/mol. The Bertz CT molecular complexity index is 1110. The summed E-state index contributed by atoms with van der Waals surface area (Å²) in [5.41, 5.74) is 2.14. The molecule has 2 aromatic rings. The van der Waals surface area contributed by atoms with Crippen molar-refractivity contribution in [2.24, 2.45) is 0 Å². The number of rotatable bonds is 5. The Morgan fingerprint density at radius 1 is 1.13 bits per heavy atom. The molecule has 3 N–H and O–H groups in total. The maximum Gasteiger partial charge on any atom is 0.262 e. The lowest BCUT2D eigenvalue weighted by Gasteiger charge is -2.24. The molecule has 158 valence electrons. The van der Waals surface area contributed by atoms with Gasteiger partial charge in [0, 0.05) is 17.3 Å². The number of anilines is 2. The van der Waals surface area contributed by atoms with Crippen molar-refractivity contribution >= 4 is 35.0 Å². The number of benzene rings is 2. The fourth-order valence-electron chi connectivity index (χ4n) is 3.96. The number of nitrogens with one attached hydrogen (secondary N) is 3. The van der Waals surface area contributed by atoms with Crippen molar-refractivity contribution < 1.29 is 23.9 Å². The van der Waals surface area contributed by atoms with E-state index in [2.05, 4.69) is 16.0 Å².